The zero-order chi connectivity index (χ0) is 17.0. The lowest BCUT2D eigenvalue weighted by Crippen LogP contribution is -2.40. The van der Waals surface area contributed by atoms with Crippen LogP contribution in [0.5, 0.6) is 0 Å². The lowest BCUT2D eigenvalue weighted by molar-refractivity contribution is -0.127. The average molecular weight is 329 g/mol. The number of nitrogen functional groups attached to an aromatic ring is 2. The van der Waals surface area contributed by atoms with Crippen molar-refractivity contribution in [2.75, 3.05) is 11.5 Å². The Bertz CT molecular complexity index is 540. The number of carbonyl (C=O) groups is 1. The molecule has 0 aliphatic carbocycles. The lowest BCUT2D eigenvalue weighted by Gasteiger charge is -2.20. The Kier molecular flexibility index (Phi) is 5.89. The van der Waals surface area contributed by atoms with Gasteiger partial charge in [0.05, 0.1) is 17.3 Å². The number of hydrogen-bond donors (Lipinski definition) is 3. The lowest BCUT2D eigenvalue weighted by atomic mass is 9.93. The van der Waals surface area contributed by atoms with E-state index in [2.05, 4.69) is 0 Å². The molecular weight excluding hydrogens is 316 g/mol. The molecule has 0 fully saturated rings. The van der Waals surface area contributed by atoms with Gasteiger partial charge in [0.1, 0.15) is 0 Å². The fourth-order valence-electron chi connectivity index (χ4n) is 1.75. The molecule has 1 aromatic carbocycles. The first-order valence-corrected chi connectivity index (χ1v) is 5.99. The Morgan fingerprint density at radius 3 is 2.23 bits per heavy atom. The minimum atomic E-state index is -3.54. The Labute approximate surface area is 121 Å². The highest BCUT2D eigenvalue weighted by Crippen LogP contribution is 2.31. The standard InChI is InChI=1S/C12H13F6N3O/c13-7(14)3-5(12(22)21-11(18)10(16)17)4-1-2-6(19)9(20)8(4)15/h1-2,5,7,10-11H,3,19-20H2,(H,21,22). The summed E-state index contributed by atoms with van der Waals surface area (Å²) in [5.41, 5.74) is 9.26. The van der Waals surface area contributed by atoms with E-state index in [1.54, 1.807) is 0 Å². The summed E-state index contributed by atoms with van der Waals surface area (Å²) < 4.78 is 76.0. The van der Waals surface area contributed by atoms with Crippen LogP contribution < -0.4 is 16.8 Å². The first-order valence-electron chi connectivity index (χ1n) is 5.99. The summed E-state index contributed by atoms with van der Waals surface area (Å²) in [4.78, 5) is 11.7. The molecule has 124 valence electrons. The topological polar surface area (TPSA) is 81.1 Å². The Hall–Kier alpha value is -2.13. The van der Waals surface area contributed by atoms with Crippen molar-refractivity contribution in [1.82, 2.24) is 5.32 Å². The molecule has 0 saturated heterocycles. The normalized spacial score (nSPS) is 14.2. The van der Waals surface area contributed by atoms with E-state index >= 15 is 0 Å². The predicted molar refractivity (Wildman–Crippen MR) is 67.6 cm³/mol. The fraction of sp³-hybridized carbons (Fsp3) is 0.417. The van der Waals surface area contributed by atoms with E-state index in [1.165, 1.54) is 5.32 Å². The summed E-state index contributed by atoms with van der Waals surface area (Å²) >= 11 is 0. The van der Waals surface area contributed by atoms with Crippen molar-refractivity contribution in [2.45, 2.75) is 31.5 Å². The van der Waals surface area contributed by atoms with Crippen molar-refractivity contribution >= 4 is 17.3 Å². The van der Waals surface area contributed by atoms with Crippen molar-refractivity contribution in [3.8, 4) is 0 Å². The second-order valence-corrected chi connectivity index (χ2v) is 4.40. The van der Waals surface area contributed by atoms with Crippen LogP contribution in [0.2, 0.25) is 0 Å². The monoisotopic (exact) mass is 329 g/mol. The van der Waals surface area contributed by atoms with Crippen LogP contribution in [0.3, 0.4) is 0 Å². The van der Waals surface area contributed by atoms with Gasteiger partial charge in [-0.2, -0.15) is 0 Å². The molecule has 0 bridgehead atoms. The maximum atomic E-state index is 13.9. The molecule has 0 radical (unpaired) electrons. The number of nitrogens with two attached hydrogens (primary N) is 2. The highest BCUT2D eigenvalue weighted by molar-refractivity contribution is 5.84. The predicted octanol–water partition coefficient (Wildman–Crippen LogP) is 2.41. The van der Waals surface area contributed by atoms with Crippen molar-refractivity contribution in [2.24, 2.45) is 0 Å². The molecule has 2 unspecified atom stereocenters. The van der Waals surface area contributed by atoms with Gasteiger partial charge in [-0.15, -0.1) is 0 Å². The van der Waals surface area contributed by atoms with Gasteiger partial charge in [-0.1, -0.05) is 6.07 Å². The first kappa shape index (κ1) is 17.9. The molecule has 5 N–H and O–H groups in total. The van der Waals surface area contributed by atoms with E-state index in [1.807, 2.05) is 0 Å². The van der Waals surface area contributed by atoms with E-state index in [-0.39, 0.29) is 5.69 Å². The molecule has 0 aliphatic rings. The van der Waals surface area contributed by atoms with E-state index in [9.17, 15) is 31.1 Å². The third kappa shape index (κ3) is 4.18. The van der Waals surface area contributed by atoms with Crippen LogP contribution in [0.15, 0.2) is 12.1 Å². The third-order valence-corrected chi connectivity index (χ3v) is 2.85. The van der Waals surface area contributed by atoms with Crippen molar-refractivity contribution in [1.29, 1.82) is 0 Å². The van der Waals surface area contributed by atoms with Gasteiger partial charge >= 0.3 is 0 Å². The Morgan fingerprint density at radius 2 is 1.73 bits per heavy atom. The molecule has 1 amide bonds. The van der Waals surface area contributed by atoms with Crippen molar-refractivity contribution in [3.05, 3.63) is 23.5 Å². The second-order valence-electron chi connectivity index (χ2n) is 4.40. The molecule has 0 spiro atoms. The number of halogens is 6. The van der Waals surface area contributed by atoms with Crippen LogP contribution in [0.4, 0.5) is 37.7 Å². The highest BCUT2D eigenvalue weighted by atomic mass is 19.3. The summed E-state index contributed by atoms with van der Waals surface area (Å²) in [6.45, 7) is 0. The van der Waals surface area contributed by atoms with Gasteiger partial charge in [0.2, 0.25) is 18.6 Å². The number of carbonyl (C=O) groups excluding carboxylic acids is 1. The third-order valence-electron chi connectivity index (χ3n) is 2.85. The van der Waals surface area contributed by atoms with Gasteiger partial charge in [-0.3, -0.25) is 4.79 Å². The molecule has 22 heavy (non-hydrogen) atoms. The maximum absolute atomic E-state index is 13.9. The summed E-state index contributed by atoms with van der Waals surface area (Å²) in [7, 11) is 0. The quantitative estimate of drug-likeness (QED) is 0.426. The van der Waals surface area contributed by atoms with Crippen LogP contribution in [-0.4, -0.2) is 25.1 Å². The maximum Gasteiger partial charge on any atom is 0.287 e. The van der Waals surface area contributed by atoms with Gasteiger partial charge in [-0.05, 0) is 6.07 Å². The fourth-order valence-corrected chi connectivity index (χ4v) is 1.75. The van der Waals surface area contributed by atoms with Gasteiger partial charge in [0.25, 0.3) is 6.43 Å². The molecule has 0 heterocycles. The van der Waals surface area contributed by atoms with E-state index in [4.69, 9.17) is 11.5 Å². The summed E-state index contributed by atoms with van der Waals surface area (Å²) in [5, 5.41) is 1.22. The van der Waals surface area contributed by atoms with Gasteiger partial charge in [0.15, 0.2) is 5.82 Å². The zero-order valence-corrected chi connectivity index (χ0v) is 11.0. The number of nitrogens with one attached hydrogen (secondary N) is 1. The summed E-state index contributed by atoms with van der Waals surface area (Å²) in [6, 6.07) is 1.99. The van der Waals surface area contributed by atoms with Crippen molar-refractivity contribution in [3.63, 3.8) is 0 Å². The zero-order valence-electron chi connectivity index (χ0n) is 11.0. The minimum Gasteiger partial charge on any atom is -0.397 e. The van der Waals surface area contributed by atoms with Crippen LogP contribution in [-0.2, 0) is 4.79 Å². The number of amides is 1. The first-order chi connectivity index (χ1) is 10.1. The number of rotatable bonds is 6. The van der Waals surface area contributed by atoms with Gasteiger partial charge < -0.3 is 16.8 Å². The number of benzene rings is 1. The average Bonchev–Trinajstić information content (AvgIpc) is 2.42. The van der Waals surface area contributed by atoms with E-state index in [0.29, 0.717) is 0 Å². The molecule has 0 aromatic heterocycles. The summed E-state index contributed by atoms with van der Waals surface area (Å²) in [5.74, 6) is -4.62. The number of alkyl halides is 5. The van der Waals surface area contributed by atoms with Gasteiger partial charge in [0, 0.05) is 12.0 Å². The van der Waals surface area contributed by atoms with Crippen LogP contribution in [0.1, 0.15) is 17.9 Å². The Morgan fingerprint density at radius 1 is 1.14 bits per heavy atom. The van der Waals surface area contributed by atoms with Crippen molar-refractivity contribution < 1.29 is 31.1 Å². The second kappa shape index (κ2) is 7.23. The number of anilines is 2. The Balaban J connectivity index is 3.13. The molecular formula is C12H13F6N3O. The van der Waals surface area contributed by atoms with Crippen LogP contribution in [0.25, 0.3) is 0 Å². The SMILES string of the molecule is Nc1ccc(C(CC(F)F)C(=O)NC(F)C(F)F)c(F)c1N. The molecule has 2 atom stereocenters. The largest absolute Gasteiger partial charge is 0.397 e. The highest BCUT2D eigenvalue weighted by Gasteiger charge is 2.31. The van der Waals surface area contributed by atoms with E-state index in [0.717, 1.165) is 12.1 Å². The molecule has 10 heteroatoms. The van der Waals surface area contributed by atoms with Crippen LogP contribution >= 0.6 is 0 Å². The summed E-state index contributed by atoms with van der Waals surface area (Å²) in [6.07, 6.45) is -10.8. The van der Waals surface area contributed by atoms with Gasteiger partial charge in [-0.25, -0.2) is 26.3 Å². The molecule has 0 aliphatic heterocycles. The molecule has 1 aromatic rings. The van der Waals surface area contributed by atoms with E-state index < -0.39 is 54.5 Å². The molecule has 0 saturated carbocycles. The molecule has 4 nitrogen and oxygen atoms in total. The smallest absolute Gasteiger partial charge is 0.287 e. The van der Waals surface area contributed by atoms with Crippen LogP contribution in [0, 0.1) is 5.82 Å². The minimum absolute atomic E-state index is 0.187. The molecule has 1 rings (SSSR count). The number of hydrogen-bond acceptors (Lipinski definition) is 3.